The van der Waals surface area contributed by atoms with E-state index in [9.17, 15) is 9.59 Å². The van der Waals surface area contributed by atoms with Gasteiger partial charge >= 0.3 is 0 Å². The molecule has 1 saturated heterocycles. The first kappa shape index (κ1) is 20.3. The topological polar surface area (TPSA) is 66.1 Å². The fourth-order valence-corrected chi connectivity index (χ4v) is 4.33. The molecule has 0 aliphatic carbocycles. The van der Waals surface area contributed by atoms with Crippen LogP contribution in [0.3, 0.4) is 0 Å². The molecule has 2 aromatic carbocycles. The Morgan fingerprint density at radius 3 is 2.70 bits per heavy atom. The van der Waals surface area contributed by atoms with Crippen LogP contribution >= 0.6 is 0 Å². The van der Waals surface area contributed by atoms with Gasteiger partial charge in [-0.2, -0.15) is 0 Å². The summed E-state index contributed by atoms with van der Waals surface area (Å²) in [5, 5.41) is 2.25. The second-order valence-corrected chi connectivity index (χ2v) is 8.80. The number of aromatic nitrogens is 2. The van der Waals surface area contributed by atoms with Gasteiger partial charge in [0, 0.05) is 24.9 Å². The number of hydrogen-bond acceptors (Lipinski definition) is 3. The molecule has 1 unspecified atom stereocenters. The highest BCUT2D eigenvalue weighted by molar-refractivity contribution is 5.88. The van der Waals surface area contributed by atoms with Crippen LogP contribution in [0.25, 0.3) is 22.0 Å². The van der Waals surface area contributed by atoms with Gasteiger partial charge in [-0.3, -0.25) is 9.59 Å². The van der Waals surface area contributed by atoms with Gasteiger partial charge in [0.15, 0.2) is 0 Å². The molecule has 1 atom stereocenters. The van der Waals surface area contributed by atoms with Crippen LogP contribution in [0.2, 0.25) is 0 Å². The second-order valence-electron chi connectivity index (χ2n) is 8.80. The molecule has 5 heteroatoms. The van der Waals surface area contributed by atoms with Gasteiger partial charge in [0.1, 0.15) is 11.6 Å². The molecule has 0 saturated carbocycles. The zero-order chi connectivity index (χ0) is 21.3. The number of Topliss-reactive ketones (excluding diaryl/α,β-unsaturated/α-hetero) is 1. The monoisotopic (exact) mass is 403 g/mol. The summed E-state index contributed by atoms with van der Waals surface area (Å²) in [4.78, 5) is 34.1. The van der Waals surface area contributed by atoms with Crippen LogP contribution in [-0.2, 0) is 16.0 Å². The van der Waals surface area contributed by atoms with Gasteiger partial charge in [-0.05, 0) is 48.1 Å². The Bertz CT molecular complexity index is 1080. The molecule has 0 bridgehead atoms. The molecule has 3 aromatic rings. The summed E-state index contributed by atoms with van der Waals surface area (Å²) >= 11 is 0. The SMILES string of the molecule is CC(=O)Cc1ccc2cc(-c3cnc(C4CCCN4C(=O)CC(C)C)[nH]3)ccc2c1. The van der Waals surface area contributed by atoms with Gasteiger partial charge in [-0.15, -0.1) is 0 Å². The highest BCUT2D eigenvalue weighted by Gasteiger charge is 2.32. The lowest BCUT2D eigenvalue weighted by atomic mass is 10.0. The highest BCUT2D eigenvalue weighted by atomic mass is 16.2. The van der Waals surface area contributed by atoms with Crippen molar-refractivity contribution in [2.75, 3.05) is 6.54 Å². The fourth-order valence-electron chi connectivity index (χ4n) is 4.33. The van der Waals surface area contributed by atoms with E-state index in [0.717, 1.165) is 52.8 Å². The molecule has 1 amide bonds. The summed E-state index contributed by atoms with van der Waals surface area (Å²) in [5.74, 6) is 1.62. The Hall–Kier alpha value is -2.95. The van der Waals surface area contributed by atoms with Crippen molar-refractivity contribution >= 4 is 22.5 Å². The third kappa shape index (κ3) is 4.30. The standard InChI is InChI=1S/C25H29N3O2/c1-16(2)11-24(30)28-10-4-5-23(28)25-26-15-22(27-25)21-9-8-19-13-18(12-17(3)29)6-7-20(19)14-21/h6-9,13-16,23H,4-5,10-12H2,1-3H3,(H,26,27). The molecule has 1 N–H and O–H groups in total. The molecular formula is C25H29N3O2. The number of carbonyl (C=O) groups is 2. The molecule has 4 rings (SSSR count). The average Bonchev–Trinajstić information content (AvgIpc) is 3.36. The van der Waals surface area contributed by atoms with E-state index in [1.54, 1.807) is 6.92 Å². The zero-order valence-electron chi connectivity index (χ0n) is 17.9. The molecular weight excluding hydrogens is 374 g/mol. The Kier molecular flexibility index (Phi) is 5.71. The number of amides is 1. The Labute approximate surface area is 177 Å². The second kappa shape index (κ2) is 8.42. The molecule has 1 aliphatic rings. The number of benzene rings is 2. The van der Waals surface area contributed by atoms with Crippen molar-refractivity contribution in [2.45, 2.75) is 52.5 Å². The van der Waals surface area contributed by atoms with Crippen LogP contribution in [-0.4, -0.2) is 33.1 Å². The maximum Gasteiger partial charge on any atom is 0.223 e. The van der Waals surface area contributed by atoms with Crippen molar-refractivity contribution in [1.82, 2.24) is 14.9 Å². The summed E-state index contributed by atoms with van der Waals surface area (Å²) in [5.41, 5.74) is 3.07. The molecule has 2 heterocycles. The van der Waals surface area contributed by atoms with Gasteiger partial charge in [0.2, 0.25) is 5.91 Å². The maximum absolute atomic E-state index is 12.6. The summed E-state index contributed by atoms with van der Waals surface area (Å²) in [6.07, 6.45) is 4.88. The molecule has 0 spiro atoms. The number of aromatic amines is 1. The molecule has 1 aromatic heterocycles. The molecule has 0 radical (unpaired) electrons. The van der Waals surface area contributed by atoms with Crippen molar-refractivity contribution in [2.24, 2.45) is 5.92 Å². The van der Waals surface area contributed by atoms with Crippen LogP contribution in [0.5, 0.6) is 0 Å². The number of carbonyl (C=O) groups excluding carboxylic acids is 2. The predicted molar refractivity (Wildman–Crippen MR) is 119 cm³/mol. The summed E-state index contributed by atoms with van der Waals surface area (Å²) in [6, 6.07) is 12.5. The van der Waals surface area contributed by atoms with E-state index in [1.165, 1.54) is 0 Å². The van der Waals surface area contributed by atoms with Crippen molar-refractivity contribution in [3.05, 3.63) is 54.0 Å². The van der Waals surface area contributed by atoms with Gasteiger partial charge in [-0.25, -0.2) is 4.98 Å². The van der Waals surface area contributed by atoms with Crippen LogP contribution in [0.15, 0.2) is 42.6 Å². The Balaban J connectivity index is 1.56. The van der Waals surface area contributed by atoms with Crippen LogP contribution in [0, 0.1) is 5.92 Å². The maximum atomic E-state index is 12.6. The smallest absolute Gasteiger partial charge is 0.223 e. The largest absolute Gasteiger partial charge is 0.340 e. The number of nitrogens with one attached hydrogen (secondary N) is 1. The van der Waals surface area contributed by atoms with Gasteiger partial charge < -0.3 is 9.88 Å². The third-order valence-electron chi connectivity index (χ3n) is 5.74. The number of likely N-dealkylation sites (tertiary alicyclic amines) is 1. The number of nitrogens with zero attached hydrogens (tertiary/aromatic N) is 2. The van der Waals surface area contributed by atoms with Crippen molar-refractivity contribution < 1.29 is 9.59 Å². The normalized spacial score (nSPS) is 16.5. The van der Waals surface area contributed by atoms with E-state index in [4.69, 9.17) is 0 Å². The fraction of sp³-hybridized carbons (Fsp3) is 0.400. The van der Waals surface area contributed by atoms with E-state index >= 15 is 0 Å². The number of hydrogen-bond donors (Lipinski definition) is 1. The highest BCUT2D eigenvalue weighted by Crippen LogP contribution is 2.33. The number of fused-ring (bicyclic) bond motifs is 1. The lowest BCUT2D eigenvalue weighted by Crippen LogP contribution is -2.31. The summed E-state index contributed by atoms with van der Waals surface area (Å²) in [7, 11) is 0. The number of rotatable bonds is 6. The lowest BCUT2D eigenvalue weighted by Gasteiger charge is -2.24. The van der Waals surface area contributed by atoms with Crippen molar-refractivity contribution in [3.8, 4) is 11.3 Å². The molecule has 1 aliphatic heterocycles. The zero-order valence-corrected chi connectivity index (χ0v) is 17.9. The molecule has 30 heavy (non-hydrogen) atoms. The van der Waals surface area contributed by atoms with E-state index in [-0.39, 0.29) is 17.7 Å². The molecule has 156 valence electrons. The number of ketones is 1. The van der Waals surface area contributed by atoms with Gasteiger partial charge in [0.05, 0.1) is 17.9 Å². The summed E-state index contributed by atoms with van der Waals surface area (Å²) in [6.45, 7) is 6.59. The first-order valence-electron chi connectivity index (χ1n) is 10.8. The van der Waals surface area contributed by atoms with Gasteiger partial charge in [0.25, 0.3) is 0 Å². The Morgan fingerprint density at radius 1 is 1.17 bits per heavy atom. The quantitative estimate of drug-likeness (QED) is 0.625. The minimum Gasteiger partial charge on any atom is -0.340 e. The van der Waals surface area contributed by atoms with E-state index < -0.39 is 0 Å². The molecule has 5 nitrogen and oxygen atoms in total. The minimum absolute atomic E-state index is 0.0413. The van der Waals surface area contributed by atoms with Gasteiger partial charge in [-0.1, -0.05) is 44.2 Å². The minimum atomic E-state index is 0.0413. The average molecular weight is 404 g/mol. The number of imidazole rings is 1. The first-order valence-corrected chi connectivity index (χ1v) is 10.8. The van der Waals surface area contributed by atoms with Crippen LogP contribution in [0.1, 0.15) is 57.5 Å². The predicted octanol–water partition coefficient (Wildman–Crippen LogP) is 5.07. The van der Waals surface area contributed by atoms with E-state index in [0.29, 0.717) is 18.8 Å². The van der Waals surface area contributed by atoms with E-state index in [1.807, 2.05) is 17.2 Å². The first-order chi connectivity index (χ1) is 14.4. The molecule has 1 fully saturated rings. The van der Waals surface area contributed by atoms with Crippen molar-refractivity contribution in [1.29, 1.82) is 0 Å². The van der Waals surface area contributed by atoms with Crippen molar-refractivity contribution in [3.63, 3.8) is 0 Å². The van der Waals surface area contributed by atoms with E-state index in [2.05, 4.69) is 54.1 Å². The summed E-state index contributed by atoms with van der Waals surface area (Å²) < 4.78 is 0. The number of H-pyrrole nitrogens is 1. The lowest BCUT2D eigenvalue weighted by molar-refractivity contribution is -0.133. The Morgan fingerprint density at radius 2 is 1.93 bits per heavy atom. The van der Waals surface area contributed by atoms with Crippen LogP contribution in [0.4, 0.5) is 0 Å². The third-order valence-corrected chi connectivity index (χ3v) is 5.74. The van der Waals surface area contributed by atoms with Crippen LogP contribution < -0.4 is 0 Å².